The van der Waals surface area contributed by atoms with Crippen LogP contribution in [0, 0.1) is 11.8 Å². The highest BCUT2D eigenvalue weighted by Gasteiger charge is 2.21. The van der Waals surface area contributed by atoms with Gasteiger partial charge in [-0.2, -0.15) is 0 Å². The minimum absolute atomic E-state index is 0. The molecule has 0 aromatic carbocycles. The second-order valence-electron chi connectivity index (χ2n) is 9.09. The Balaban J connectivity index is 0.00000450. The summed E-state index contributed by atoms with van der Waals surface area (Å²) in [6, 6.07) is 0. The minimum Gasteiger partial charge on any atom is -0.374 e. The van der Waals surface area contributed by atoms with Crippen molar-refractivity contribution in [1.82, 2.24) is 25.3 Å². The fourth-order valence-corrected chi connectivity index (χ4v) is 4.17. The Labute approximate surface area is 202 Å². The molecule has 0 bridgehead atoms. The summed E-state index contributed by atoms with van der Waals surface area (Å²) in [5.41, 5.74) is 0. The number of hydrogen-bond donors (Lipinski definition) is 2. The number of guanidine groups is 1. The van der Waals surface area contributed by atoms with Crippen molar-refractivity contribution in [3.8, 4) is 0 Å². The number of hydrogen-bond acceptors (Lipinski definition) is 5. The molecule has 2 saturated heterocycles. The predicted molar refractivity (Wildman–Crippen MR) is 138 cm³/mol. The second-order valence-corrected chi connectivity index (χ2v) is 9.09. The molecule has 8 heteroatoms. The summed E-state index contributed by atoms with van der Waals surface area (Å²) in [6.45, 7) is 24.9. The van der Waals surface area contributed by atoms with Crippen molar-refractivity contribution in [3.63, 3.8) is 0 Å². The van der Waals surface area contributed by atoms with Gasteiger partial charge in [-0.05, 0) is 25.3 Å². The molecule has 7 nitrogen and oxygen atoms in total. The van der Waals surface area contributed by atoms with E-state index in [1.807, 2.05) is 0 Å². The van der Waals surface area contributed by atoms with E-state index in [-0.39, 0.29) is 30.1 Å². The van der Waals surface area contributed by atoms with Crippen molar-refractivity contribution in [1.29, 1.82) is 0 Å². The number of likely N-dealkylation sites (N-methyl/N-ethyl adjacent to an activating group) is 1. The number of nitrogens with one attached hydrogen (secondary N) is 2. The molecule has 2 fully saturated rings. The van der Waals surface area contributed by atoms with Crippen molar-refractivity contribution in [2.45, 2.75) is 40.7 Å². The quantitative estimate of drug-likeness (QED) is 0.252. The molecule has 30 heavy (non-hydrogen) atoms. The van der Waals surface area contributed by atoms with Gasteiger partial charge >= 0.3 is 0 Å². The van der Waals surface area contributed by atoms with E-state index >= 15 is 0 Å². The highest BCUT2D eigenvalue weighted by molar-refractivity contribution is 14.0. The van der Waals surface area contributed by atoms with Gasteiger partial charge < -0.3 is 25.2 Å². The summed E-state index contributed by atoms with van der Waals surface area (Å²) in [6.07, 6.45) is 0.235. The van der Waals surface area contributed by atoms with E-state index in [9.17, 15) is 0 Å². The van der Waals surface area contributed by atoms with Gasteiger partial charge in [0.1, 0.15) is 0 Å². The molecule has 178 valence electrons. The van der Waals surface area contributed by atoms with Crippen LogP contribution in [-0.4, -0.2) is 112 Å². The van der Waals surface area contributed by atoms with Crippen LogP contribution in [0.3, 0.4) is 0 Å². The number of morpholine rings is 1. The van der Waals surface area contributed by atoms with Gasteiger partial charge in [-0.15, -0.1) is 24.0 Å². The third kappa shape index (κ3) is 10.9. The summed E-state index contributed by atoms with van der Waals surface area (Å²) in [4.78, 5) is 12.5. The van der Waals surface area contributed by atoms with Crippen LogP contribution >= 0.6 is 24.0 Å². The molecule has 2 aliphatic heterocycles. The zero-order valence-corrected chi connectivity index (χ0v) is 22.4. The first-order valence-corrected chi connectivity index (χ1v) is 11.8. The lowest BCUT2D eigenvalue weighted by Crippen LogP contribution is -2.50. The van der Waals surface area contributed by atoms with Crippen molar-refractivity contribution in [2.75, 3.05) is 85.1 Å². The van der Waals surface area contributed by atoms with Gasteiger partial charge in [0.05, 0.1) is 12.7 Å². The Bertz CT molecular complexity index is 471. The SMILES string of the molecule is CCNC(=NCC(C)CN1CCN(CC)CC1)NCC1CN(CC(C)C)CCO1.I. The molecule has 0 amide bonds. The summed E-state index contributed by atoms with van der Waals surface area (Å²) in [5.74, 6) is 2.18. The lowest BCUT2D eigenvalue weighted by molar-refractivity contribution is -0.0284. The van der Waals surface area contributed by atoms with E-state index in [1.165, 1.54) is 32.7 Å². The summed E-state index contributed by atoms with van der Waals surface area (Å²) >= 11 is 0. The van der Waals surface area contributed by atoms with E-state index in [4.69, 9.17) is 9.73 Å². The number of nitrogens with zero attached hydrogens (tertiary/aromatic N) is 4. The highest BCUT2D eigenvalue weighted by Crippen LogP contribution is 2.08. The predicted octanol–water partition coefficient (Wildman–Crippen LogP) is 1.79. The third-order valence-electron chi connectivity index (χ3n) is 5.73. The average molecular weight is 539 g/mol. The number of piperazine rings is 1. The topological polar surface area (TPSA) is 55.4 Å². The van der Waals surface area contributed by atoms with Gasteiger partial charge in [-0.25, -0.2) is 0 Å². The smallest absolute Gasteiger partial charge is 0.191 e. The first-order chi connectivity index (χ1) is 14.0. The van der Waals surface area contributed by atoms with Crippen LogP contribution < -0.4 is 10.6 Å². The largest absolute Gasteiger partial charge is 0.374 e. The van der Waals surface area contributed by atoms with Gasteiger partial charge in [0, 0.05) is 72.0 Å². The van der Waals surface area contributed by atoms with Gasteiger partial charge in [0.25, 0.3) is 0 Å². The zero-order valence-electron chi connectivity index (χ0n) is 20.0. The maximum absolute atomic E-state index is 5.96. The molecule has 2 atom stereocenters. The molecule has 0 saturated carbocycles. The molecule has 0 aliphatic carbocycles. The Morgan fingerprint density at radius 2 is 1.67 bits per heavy atom. The van der Waals surface area contributed by atoms with Crippen LogP contribution in [0.2, 0.25) is 0 Å². The molecule has 2 aliphatic rings. The van der Waals surface area contributed by atoms with Crippen LogP contribution in [-0.2, 0) is 4.74 Å². The minimum atomic E-state index is 0. The maximum Gasteiger partial charge on any atom is 0.191 e. The summed E-state index contributed by atoms with van der Waals surface area (Å²) in [5, 5.41) is 6.89. The Morgan fingerprint density at radius 1 is 0.967 bits per heavy atom. The maximum atomic E-state index is 5.96. The molecular formula is C22H47IN6O. The first-order valence-electron chi connectivity index (χ1n) is 11.8. The molecule has 0 aromatic heterocycles. The van der Waals surface area contributed by atoms with Crippen LogP contribution in [0.25, 0.3) is 0 Å². The fraction of sp³-hybridized carbons (Fsp3) is 0.955. The second kappa shape index (κ2) is 15.6. The number of halogens is 1. The standard InChI is InChI=1S/C22H46N6O.HI/c1-6-23-22(25-15-21-18-28(12-13-29-21)16-19(3)4)24-14-20(5)17-27-10-8-26(7-2)9-11-27;/h19-21H,6-18H2,1-5H3,(H2,23,24,25);1H. The first kappa shape index (κ1) is 27.9. The Kier molecular flexibility index (Phi) is 14.5. The van der Waals surface area contributed by atoms with Gasteiger partial charge in [-0.1, -0.05) is 27.7 Å². The number of aliphatic imine (C=N–C) groups is 1. The molecular weight excluding hydrogens is 491 g/mol. The van der Waals surface area contributed by atoms with Crippen LogP contribution in [0.5, 0.6) is 0 Å². The van der Waals surface area contributed by atoms with Crippen molar-refractivity contribution in [3.05, 3.63) is 0 Å². The average Bonchev–Trinajstić information content (AvgIpc) is 2.70. The van der Waals surface area contributed by atoms with Crippen molar-refractivity contribution in [2.24, 2.45) is 16.8 Å². The normalized spacial score (nSPS) is 23.3. The van der Waals surface area contributed by atoms with E-state index < -0.39 is 0 Å². The van der Waals surface area contributed by atoms with Crippen molar-refractivity contribution < 1.29 is 4.74 Å². The van der Waals surface area contributed by atoms with E-state index in [2.05, 4.69) is 60.0 Å². The van der Waals surface area contributed by atoms with Crippen LogP contribution in [0.1, 0.15) is 34.6 Å². The molecule has 2 heterocycles. The lowest BCUT2D eigenvalue weighted by atomic mass is 10.1. The highest BCUT2D eigenvalue weighted by atomic mass is 127. The molecule has 2 N–H and O–H groups in total. The van der Waals surface area contributed by atoms with Gasteiger partial charge in [0.15, 0.2) is 5.96 Å². The molecule has 2 rings (SSSR count). The van der Waals surface area contributed by atoms with Crippen LogP contribution in [0.15, 0.2) is 4.99 Å². The van der Waals surface area contributed by atoms with E-state index in [0.29, 0.717) is 11.8 Å². The summed E-state index contributed by atoms with van der Waals surface area (Å²) in [7, 11) is 0. The zero-order chi connectivity index (χ0) is 21.1. The van der Waals surface area contributed by atoms with Crippen LogP contribution in [0.4, 0.5) is 0 Å². The Morgan fingerprint density at radius 3 is 2.30 bits per heavy atom. The molecule has 0 aromatic rings. The fourth-order valence-electron chi connectivity index (χ4n) is 4.17. The van der Waals surface area contributed by atoms with Gasteiger partial charge in [0.2, 0.25) is 0 Å². The molecule has 0 spiro atoms. The van der Waals surface area contributed by atoms with E-state index in [1.54, 1.807) is 0 Å². The monoisotopic (exact) mass is 538 g/mol. The summed E-state index contributed by atoms with van der Waals surface area (Å²) < 4.78 is 5.96. The number of ether oxygens (including phenoxy) is 1. The third-order valence-corrected chi connectivity index (χ3v) is 5.73. The van der Waals surface area contributed by atoms with Gasteiger partial charge in [-0.3, -0.25) is 9.89 Å². The lowest BCUT2D eigenvalue weighted by Gasteiger charge is -2.35. The van der Waals surface area contributed by atoms with Crippen molar-refractivity contribution >= 4 is 29.9 Å². The Hall–Kier alpha value is -0.160. The molecule has 0 radical (unpaired) electrons. The molecule has 2 unspecified atom stereocenters. The number of rotatable bonds is 10. The van der Waals surface area contributed by atoms with E-state index in [0.717, 1.165) is 58.4 Å².